The Kier molecular flexibility index (Phi) is 12.4. The first-order chi connectivity index (χ1) is 11.3. The van der Waals surface area contributed by atoms with Gasteiger partial charge in [-0.05, 0) is 54.9 Å². The number of hydrogen-bond donors (Lipinski definition) is 1. The van der Waals surface area contributed by atoms with Crippen LogP contribution in [0.25, 0.3) is 0 Å². The SMILES string of the molecule is CCO[Si](CCCN(C)C(=NC(C)C)NC(C)C)(OCC)OCC. The van der Waals surface area contributed by atoms with Crippen molar-refractivity contribution in [3.8, 4) is 0 Å². The van der Waals surface area contributed by atoms with Crippen LogP contribution in [0.3, 0.4) is 0 Å². The van der Waals surface area contributed by atoms with Gasteiger partial charge in [0.2, 0.25) is 0 Å². The Morgan fingerprint density at radius 3 is 1.88 bits per heavy atom. The summed E-state index contributed by atoms with van der Waals surface area (Å²) < 4.78 is 17.7. The van der Waals surface area contributed by atoms with E-state index in [1.165, 1.54) is 0 Å². The first-order valence-corrected chi connectivity index (χ1v) is 11.2. The topological polar surface area (TPSA) is 55.3 Å². The fraction of sp³-hybridized carbons (Fsp3) is 0.941. The van der Waals surface area contributed by atoms with Crippen LogP contribution in [0.5, 0.6) is 0 Å². The number of guanidine groups is 1. The van der Waals surface area contributed by atoms with Crippen LogP contribution in [0.1, 0.15) is 54.9 Å². The van der Waals surface area contributed by atoms with E-state index < -0.39 is 8.80 Å². The molecule has 144 valence electrons. The molecule has 24 heavy (non-hydrogen) atoms. The Morgan fingerprint density at radius 1 is 1.00 bits per heavy atom. The highest BCUT2D eigenvalue weighted by atomic mass is 28.4. The van der Waals surface area contributed by atoms with Gasteiger partial charge < -0.3 is 23.5 Å². The Morgan fingerprint density at radius 2 is 1.50 bits per heavy atom. The molecule has 0 saturated heterocycles. The zero-order chi connectivity index (χ0) is 18.6. The van der Waals surface area contributed by atoms with Crippen molar-refractivity contribution in [1.82, 2.24) is 10.2 Å². The Hall–Kier alpha value is -0.633. The molecule has 0 rings (SSSR count). The van der Waals surface area contributed by atoms with Gasteiger partial charge in [-0.3, -0.25) is 4.99 Å². The fourth-order valence-corrected chi connectivity index (χ4v) is 4.98. The summed E-state index contributed by atoms with van der Waals surface area (Å²) in [5.41, 5.74) is 0. The summed E-state index contributed by atoms with van der Waals surface area (Å²) in [7, 11) is -0.477. The molecule has 0 amide bonds. The van der Waals surface area contributed by atoms with E-state index in [2.05, 4.69) is 45.0 Å². The van der Waals surface area contributed by atoms with Crippen molar-refractivity contribution in [3.05, 3.63) is 0 Å². The molecule has 0 fully saturated rings. The van der Waals surface area contributed by atoms with Crippen molar-refractivity contribution in [2.75, 3.05) is 33.4 Å². The van der Waals surface area contributed by atoms with E-state index >= 15 is 0 Å². The maximum Gasteiger partial charge on any atom is 0.500 e. The van der Waals surface area contributed by atoms with Gasteiger partial charge in [-0.15, -0.1) is 0 Å². The first kappa shape index (κ1) is 23.4. The van der Waals surface area contributed by atoms with Crippen LogP contribution in [0.2, 0.25) is 6.04 Å². The number of nitrogens with one attached hydrogen (secondary N) is 1. The Bertz CT molecular complexity index is 335. The zero-order valence-corrected chi connectivity index (χ0v) is 18.0. The average molecular weight is 362 g/mol. The zero-order valence-electron chi connectivity index (χ0n) is 17.0. The predicted octanol–water partition coefficient (Wildman–Crippen LogP) is 3.12. The monoisotopic (exact) mass is 361 g/mol. The van der Waals surface area contributed by atoms with Crippen molar-refractivity contribution in [3.63, 3.8) is 0 Å². The van der Waals surface area contributed by atoms with Crippen molar-refractivity contribution in [2.24, 2.45) is 4.99 Å². The van der Waals surface area contributed by atoms with Gasteiger partial charge in [0.25, 0.3) is 0 Å². The van der Waals surface area contributed by atoms with Crippen LogP contribution in [0, 0.1) is 0 Å². The second kappa shape index (κ2) is 12.7. The molecule has 0 aromatic rings. The molecule has 0 radical (unpaired) electrons. The van der Waals surface area contributed by atoms with E-state index in [1.54, 1.807) is 0 Å². The second-order valence-corrected chi connectivity index (χ2v) is 9.08. The van der Waals surface area contributed by atoms with E-state index in [1.807, 2.05) is 20.8 Å². The lowest BCUT2D eigenvalue weighted by Gasteiger charge is -2.30. The highest BCUT2D eigenvalue weighted by Gasteiger charge is 2.39. The van der Waals surface area contributed by atoms with Gasteiger partial charge in [0.15, 0.2) is 5.96 Å². The average Bonchev–Trinajstić information content (AvgIpc) is 2.46. The van der Waals surface area contributed by atoms with Crippen LogP contribution in [0.4, 0.5) is 0 Å². The molecule has 1 N–H and O–H groups in total. The fourth-order valence-electron chi connectivity index (χ4n) is 2.39. The van der Waals surface area contributed by atoms with Crippen molar-refractivity contribution in [2.45, 2.75) is 73.0 Å². The van der Waals surface area contributed by atoms with Crippen LogP contribution in [-0.2, 0) is 13.3 Å². The van der Waals surface area contributed by atoms with Crippen LogP contribution in [-0.4, -0.2) is 65.2 Å². The molecule has 0 aromatic carbocycles. The first-order valence-electron chi connectivity index (χ1n) is 9.27. The van der Waals surface area contributed by atoms with E-state index in [0.29, 0.717) is 25.9 Å². The van der Waals surface area contributed by atoms with E-state index in [9.17, 15) is 0 Å². The summed E-state index contributed by atoms with van der Waals surface area (Å²) in [5.74, 6) is 0.941. The Balaban J connectivity index is 4.75. The lowest BCUT2D eigenvalue weighted by atomic mass is 10.4. The molecular formula is C17H39N3O3Si. The highest BCUT2D eigenvalue weighted by molar-refractivity contribution is 6.60. The molecule has 0 aliphatic rings. The molecular weight excluding hydrogens is 322 g/mol. The van der Waals surface area contributed by atoms with Gasteiger partial charge in [-0.1, -0.05) is 0 Å². The van der Waals surface area contributed by atoms with E-state index in [4.69, 9.17) is 18.3 Å². The second-order valence-electron chi connectivity index (χ2n) is 6.35. The third-order valence-electron chi connectivity index (χ3n) is 3.23. The summed E-state index contributed by atoms with van der Waals surface area (Å²) in [4.78, 5) is 6.86. The van der Waals surface area contributed by atoms with Crippen molar-refractivity contribution < 1.29 is 13.3 Å². The minimum Gasteiger partial charge on any atom is -0.374 e. The number of rotatable bonds is 12. The van der Waals surface area contributed by atoms with Gasteiger partial charge in [0, 0.05) is 51.5 Å². The van der Waals surface area contributed by atoms with Gasteiger partial charge in [-0.2, -0.15) is 0 Å². The van der Waals surface area contributed by atoms with Gasteiger partial charge >= 0.3 is 8.80 Å². The smallest absolute Gasteiger partial charge is 0.374 e. The van der Waals surface area contributed by atoms with Crippen LogP contribution >= 0.6 is 0 Å². The van der Waals surface area contributed by atoms with E-state index in [0.717, 1.165) is 25.0 Å². The Labute approximate surface area is 150 Å². The molecule has 0 saturated carbocycles. The summed E-state index contributed by atoms with van der Waals surface area (Å²) >= 11 is 0. The quantitative estimate of drug-likeness (QED) is 0.329. The normalized spacial score (nSPS) is 13.0. The molecule has 0 unspecified atom stereocenters. The molecule has 0 aromatic heterocycles. The van der Waals surface area contributed by atoms with Crippen molar-refractivity contribution in [1.29, 1.82) is 0 Å². The van der Waals surface area contributed by atoms with Gasteiger partial charge in [0.1, 0.15) is 0 Å². The molecule has 6 nitrogen and oxygen atoms in total. The molecule has 0 bridgehead atoms. The summed E-state index contributed by atoms with van der Waals surface area (Å²) in [5, 5.41) is 3.43. The predicted molar refractivity (Wildman–Crippen MR) is 104 cm³/mol. The van der Waals surface area contributed by atoms with E-state index in [-0.39, 0.29) is 6.04 Å². The lowest BCUT2D eigenvalue weighted by Crippen LogP contribution is -2.47. The highest BCUT2D eigenvalue weighted by Crippen LogP contribution is 2.18. The minimum absolute atomic E-state index is 0.262. The molecule has 0 spiro atoms. The number of aliphatic imine (C=N–C) groups is 1. The van der Waals surface area contributed by atoms with Crippen molar-refractivity contribution >= 4 is 14.8 Å². The molecule has 0 aliphatic carbocycles. The molecule has 0 aliphatic heterocycles. The summed E-state index contributed by atoms with van der Waals surface area (Å²) in [6.45, 7) is 17.2. The van der Waals surface area contributed by atoms with Gasteiger partial charge in [0.05, 0.1) is 0 Å². The lowest BCUT2D eigenvalue weighted by molar-refractivity contribution is 0.0705. The largest absolute Gasteiger partial charge is 0.500 e. The molecule has 7 heteroatoms. The summed E-state index contributed by atoms with van der Waals surface area (Å²) in [6.07, 6.45) is 0.944. The number of nitrogens with zero attached hydrogens (tertiary/aromatic N) is 2. The van der Waals surface area contributed by atoms with Crippen LogP contribution < -0.4 is 5.32 Å². The number of hydrogen-bond acceptors (Lipinski definition) is 4. The minimum atomic E-state index is -2.55. The third kappa shape index (κ3) is 9.61. The van der Waals surface area contributed by atoms with Crippen LogP contribution in [0.15, 0.2) is 4.99 Å². The maximum atomic E-state index is 5.91. The molecule has 0 heterocycles. The standard InChI is InChI=1S/C17H39N3O3Si/c1-9-21-24(22-10-2,23-11-3)14-12-13-20(8)17(18-15(4)5)19-16(6)7/h15-16H,9-14H2,1-8H3,(H,18,19). The summed E-state index contributed by atoms with van der Waals surface area (Å²) in [6, 6.07) is 1.44. The van der Waals surface area contributed by atoms with Gasteiger partial charge in [-0.25, -0.2) is 0 Å². The molecule has 0 atom stereocenters. The maximum absolute atomic E-state index is 5.91. The third-order valence-corrected chi connectivity index (χ3v) is 6.38.